The Morgan fingerprint density at radius 3 is 2.75 bits per heavy atom. The fraction of sp³-hybridized carbons (Fsp3) is 1.00. The van der Waals surface area contributed by atoms with Crippen LogP contribution in [0.5, 0.6) is 0 Å². The van der Waals surface area contributed by atoms with Crippen LogP contribution in [0.25, 0.3) is 0 Å². The molecule has 0 aromatic carbocycles. The minimum Gasteiger partial charge on any atom is -0.261 e. The summed E-state index contributed by atoms with van der Waals surface area (Å²) in [7, 11) is -0.532. The van der Waals surface area contributed by atoms with Crippen molar-refractivity contribution in [2.45, 2.75) is 6.82 Å². The molecule has 0 heterocycles. The summed E-state index contributed by atoms with van der Waals surface area (Å²) in [6.45, 7) is 0.986. The molecule has 0 aromatic rings. The van der Waals surface area contributed by atoms with Crippen molar-refractivity contribution in [3.8, 4) is 0 Å². The van der Waals surface area contributed by atoms with Crippen LogP contribution in [0.2, 0.25) is 6.82 Å². The van der Waals surface area contributed by atoms with E-state index < -0.39 is 13.8 Å². The predicted octanol–water partition coefficient (Wildman–Crippen LogP) is 0.398. The Bertz CT molecular complexity index is 23.6. The molecular formula is C2H6BF. The third-order valence-electron chi connectivity index (χ3n) is 0.154. The number of halogens is 1. The van der Waals surface area contributed by atoms with Crippen molar-refractivity contribution in [3.63, 3.8) is 0 Å². The Morgan fingerprint density at radius 1 is 2.50 bits per heavy atom. The van der Waals surface area contributed by atoms with Crippen molar-refractivity contribution < 1.29 is 4.39 Å². The van der Waals surface area contributed by atoms with Gasteiger partial charge in [-0.25, -0.2) is 0 Å². The molecule has 0 saturated carbocycles. The molecule has 0 bridgehead atoms. The smallest absolute Gasteiger partial charge is 0.157 e. The molecule has 0 nitrogen and oxygen atoms in total. The van der Waals surface area contributed by atoms with Gasteiger partial charge in [-0.3, -0.25) is 4.39 Å². The third-order valence-corrected chi connectivity index (χ3v) is 0.154. The first-order valence-corrected chi connectivity index (χ1v) is 1.25. The first kappa shape index (κ1) is 2.25. The third kappa shape index (κ3) is 1.99. The molecule has 0 fully saturated rings. The summed E-state index contributed by atoms with van der Waals surface area (Å²) in [5.41, 5.74) is 0. The average molecular weight is 60.9 g/mol. The van der Waals surface area contributed by atoms with Crippen LogP contribution < -0.4 is 0 Å². The lowest BCUT2D eigenvalue weighted by Gasteiger charge is -1.60. The molecule has 0 N–H and O–H groups in total. The van der Waals surface area contributed by atoms with Crippen molar-refractivity contribution in [2.24, 2.45) is 0 Å². The van der Waals surface area contributed by atoms with E-state index in [1.165, 1.54) is 6.82 Å². The van der Waals surface area contributed by atoms with Crippen LogP contribution in [0.1, 0.15) is 0 Å². The summed E-state index contributed by atoms with van der Waals surface area (Å²) in [4.78, 5) is 0. The maximum atomic E-state index is 10.9. The van der Waals surface area contributed by atoms with E-state index in [1.807, 2.05) is 0 Å². The number of hydrogen-bond acceptors (Lipinski definition) is 0. The monoisotopic (exact) mass is 61.1 g/mol. The largest absolute Gasteiger partial charge is 0.261 e. The lowest BCUT2D eigenvalue weighted by molar-refractivity contribution is 0.594. The van der Waals surface area contributed by atoms with Crippen LogP contribution >= 0.6 is 0 Å². The highest BCUT2D eigenvalue weighted by atomic mass is 19.1. The van der Waals surface area contributed by atoms with Crippen LogP contribution in [0.15, 0.2) is 0 Å². The maximum Gasteiger partial charge on any atom is 0.157 e. The molecule has 0 rings (SSSR count). The molecule has 0 unspecified atom stereocenters. The number of rotatable bonds is 1. The summed E-state index contributed by atoms with van der Waals surface area (Å²) < 4.78 is 17.4. The zero-order valence-corrected chi connectivity index (χ0v) is 2.66. The first-order chi connectivity index (χ1) is 2.27. The van der Waals surface area contributed by atoms with Gasteiger partial charge in [-0.15, -0.1) is 0 Å². The van der Waals surface area contributed by atoms with E-state index in [4.69, 9.17) is 1.34 Å². The molecule has 0 radical (unpaired) electrons. The van der Waals surface area contributed by atoms with Gasteiger partial charge < -0.3 is 0 Å². The summed E-state index contributed by atoms with van der Waals surface area (Å²) in [5, 5.41) is 0. The summed E-state index contributed by atoms with van der Waals surface area (Å²) in [6.07, 6.45) is 0. The van der Waals surface area contributed by atoms with E-state index >= 15 is 0 Å². The Hall–Kier alpha value is -0.00506. The normalized spacial score (nSPS) is 10.0. The number of alkyl halides is 1. The summed E-state index contributed by atoms with van der Waals surface area (Å²) in [5.74, 6) is 0. The minimum atomic E-state index is -0.532. The summed E-state index contributed by atoms with van der Waals surface area (Å²) >= 11 is 0. The van der Waals surface area contributed by atoms with E-state index in [0.717, 1.165) is 0 Å². The molecule has 2 heteroatoms. The lowest BCUT2D eigenvalue weighted by atomic mass is 9.86. The average Bonchev–Trinajstić information content (AvgIpc) is 1.38. The predicted molar refractivity (Wildman–Crippen MR) is 19.0 cm³/mol. The molecule has 0 atom stereocenters. The fourth-order valence-corrected chi connectivity index (χ4v) is 0. The Labute approximate surface area is 27.6 Å². The summed E-state index contributed by atoms with van der Waals surface area (Å²) in [6, 6.07) is 0. The molecule has 24 valence electrons. The van der Waals surface area contributed by atoms with Gasteiger partial charge in [0.05, 0.1) is 6.57 Å². The highest BCUT2D eigenvalue weighted by molar-refractivity contribution is 6.33. The Kier molecular flexibility index (Phi) is 1.68. The van der Waals surface area contributed by atoms with Crippen LogP contribution in [0, 0.1) is 0 Å². The highest BCUT2D eigenvalue weighted by Crippen LogP contribution is 1.54. The second-order valence-electron chi connectivity index (χ2n) is 0.563. The molecule has 4 heavy (non-hydrogen) atoms. The Balaban J connectivity index is 2.54. The van der Waals surface area contributed by atoms with Gasteiger partial charge in [-0.1, -0.05) is 6.82 Å². The molecule has 0 spiro atoms. The lowest BCUT2D eigenvalue weighted by Crippen LogP contribution is -1.78. The van der Waals surface area contributed by atoms with E-state index in [2.05, 4.69) is 0 Å². The molecule has 0 saturated heterocycles. The first-order valence-electron chi connectivity index (χ1n) is 1.83. The topological polar surface area (TPSA) is 0 Å². The molecule has 0 aromatic heterocycles. The highest BCUT2D eigenvalue weighted by Gasteiger charge is 1.66. The van der Waals surface area contributed by atoms with Crippen molar-refractivity contribution in [1.29, 1.82) is 1.34 Å². The quantitative estimate of drug-likeness (QED) is 0.385. The van der Waals surface area contributed by atoms with Gasteiger partial charge in [0.2, 0.25) is 0 Å². The van der Waals surface area contributed by atoms with Gasteiger partial charge in [0.25, 0.3) is 0 Å². The molecule has 0 amide bonds. The standard InChI is InChI=1S/C2H6BF/c1-3-2-4/h3H,2H2,1H3/i3D. The molecule has 0 aliphatic rings. The van der Waals surface area contributed by atoms with Crippen LogP contribution in [0.3, 0.4) is 0 Å². The Morgan fingerprint density at radius 2 is 2.75 bits per heavy atom. The van der Waals surface area contributed by atoms with Gasteiger partial charge >= 0.3 is 0 Å². The fourth-order valence-electron chi connectivity index (χ4n) is 0. The van der Waals surface area contributed by atoms with Gasteiger partial charge in [0.15, 0.2) is 7.24 Å². The van der Waals surface area contributed by atoms with Gasteiger partial charge in [-0.2, -0.15) is 0 Å². The van der Waals surface area contributed by atoms with E-state index in [-0.39, 0.29) is 0 Å². The zero-order chi connectivity index (χ0) is 4.28. The minimum absolute atomic E-state index is 0.528. The van der Waals surface area contributed by atoms with E-state index in [0.29, 0.717) is 0 Å². The van der Waals surface area contributed by atoms with Gasteiger partial charge in [0.1, 0.15) is 0 Å². The second-order valence-corrected chi connectivity index (χ2v) is 0.563. The van der Waals surface area contributed by atoms with Crippen molar-refractivity contribution in [2.75, 3.05) is 6.57 Å². The van der Waals surface area contributed by atoms with Crippen LogP contribution in [-0.2, 0) is 0 Å². The van der Waals surface area contributed by atoms with E-state index in [1.54, 1.807) is 0 Å². The van der Waals surface area contributed by atoms with Crippen molar-refractivity contribution in [3.05, 3.63) is 0 Å². The van der Waals surface area contributed by atoms with Crippen molar-refractivity contribution in [1.82, 2.24) is 0 Å². The van der Waals surface area contributed by atoms with Crippen LogP contribution in [-0.4, -0.2) is 15.2 Å². The molecular weight excluding hydrogens is 53.8 g/mol. The molecule has 0 aliphatic carbocycles. The number of hydrogen-bond donors (Lipinski definition) is 0. The van der Waals surface area contributed by atoms with Gasteiger partial charge in [0, 0.05) is 0 Å². The SMILES string of the molecule is [2H]B(C)CF. The second kappa shape index (κ2) is 2.99. The zero-order valence-electron chi connectivity index (χ0n) is 3.66. The maximum absolute atomic E-state index is 10.9. The van der Waals surface area contributed by atoms with Crippen molar-refractivity contribution >= 4 is 7.24 Å². The van der Waals surface area contributed by atoms with E-state index in [9.17, 15) is 4.39 Å². The van der Waals surface area contributed by atoms with Gasteiger partial charge in [-0.05, 0) is 1.34 Å². The van der Waals surface area contributed by atoms with Crippen LogP contribution in [0.4, 0.5) is 4.39 Å². The molecule has 0 aliphatic heterocycles.